The second kappa shape index (κ2) is 8.28. The number of fused-ring (bicyclic) bond motifs is 1. The number of para-hydroxylation sites is 1. The van der Waals surface area contributed by atoms with E-state index < -0.39 is 0 Å². The number of hydrogen-bond acceptors (Lipinski definition) is 3. The van der Waals surface area contributed by atoms with Gasteiger partial charge >= 0.3 is 0 Å². The molecule has 2 aromatic heterocycles. The molecule has 142 valence electrons. The summed E-state index contributed by atoms with van der Waals surface area (Å²) in [4.78, 5) is 19.5. The highest BCUT2D eigenvalue weighted by Crippen LogP contribution is 2.32. The molecule has 1 fully saturated rings. The molecule has 4 nitrogen and oxygen atoms in total. The van der Waals surface area contributed by atoms with E-state index in [1.54, 1.807) is 11.3 Å². The number of amides is 1. The standard InChI is InChI=1S/C22H27N3OS/c1-16(22(26)25-11-5-2-6-12-25)23-15-19(21-10-7-13-27-21)18-14-24-20-9-4-3-8-17(18)20/h3-4,7-10,13-14,16,19,23-24H,2,5-6,11-12,15H2,1H3/t16-,19+/m0/s1. The van der Waals surface area contributed by atoms with E-state index in [9.17, 15) is 4.79 Å². The third kappa shape index (κ3) is 3.94. The first-order valence-corrected chi connectivity index (χ1v) is 10.7. The van der Waals surface area contributed by atoms with Crippen LogP contribution in [0.4, 0.5) is 0 Å². The van der Waals surface area contributed by atoms with Gasteiger partial charge in [0.15, 0.2) is 0 Å². The number of piperidine rings is 1. The SMILES string of the molecule is C[C@H](NC[C@@H](c1cccs1)c1c[nH]c2ccccc12)C(=O)N1CCCCC1. The van der Waals surface area contributed by atoms with Crippen LogP contribution < -0.4 is 5.32 Å². The molecule has 5 heteroatoms. The second-order valence-corrected chi connectivity index (χ2v) is 8.35. The maximum atomic E-state index is 12.8. The van der Waals surface area contributed by atoms with Gasteiger partial charge in [-0.1, -0.05) is 24.3 Å². The average Bonchev–Trinajstić information content (AvgIpc) is 3.39. The number of carbonyl (C=O) groups is 1. The zero-order valence-electron chi connectivity index (χ0n) is 15.8. The molecule has 3 heterocycles. The summed E-state index contributed by atoms with van der Waals surface area (Å²) in [6.07, 6.45) is 5.62. The summed E-state index contributed by atoms with van der Waals surface area (Å²) in [7, 11) is 0. The van der Waals surface area contributed by atoms with E-state index in [2.05, 4.69) is 58.3 Å². The molecule has 1 aliphatic rings. The minimum atomic E-state index is -0.157. The smallest absolute Gasteiger partial charge is 0.239 e. The maximum absolute atomic E-state index is 12.8. The summed E-state index contributed by atoms with van der Waals surface area (Å²) in [5, 5.41) is 6.90. The summed E-state index contributed by atoms with van der Waals surface area (Å²) in [5.41, 5.74) is 2.45. The van der Waals surface area contributed by atoms with Gasteiger partial charge in [0.2, 0.25) is 5.91 Å². The number of nitrogens with one attached hydrogen (secondary N) is 2. The number of aromatic amines is 1. The van der Waals surface area contributed by atoms with Crippen molar-refractivity contribution in [3.63, 3.8) is 0 Å². The molecule has 0 saturated carbocycles. The fourth-order valence-electron chi connectivity index (χ4n) is 4.01. The third-order valence-electron chi connectivity index (χ3n) is 5.55. The van der Waals surface area contributed by atoms with Crippen LogP contribution in [0, 0.1) is 0 Å². The van der Waals surface area contributed by atoms with Gasteiger partial charge in [-0.15, -0.1) is 11.3 Å². The highest BCUT2D eigenvalue weighted by molar-refractivity contribution is 7.10. The highest BCUT2D eigenvalue weighted by Gasteiger charge is 2.24. The van der Waals surface area contributed by atoms with Crippen LogP contribution >= 0.6 is 11.3 Å². The summed E-state index contributed by atoms with van der Waals surface area (Å²) in [5.74, 6) is 0.469. The van der Waals surface area contributed by atoms with Crippen molar-refractivity contribution in [1.29, 1.82) is 0 Å². The van der Waals surface area contributed by atoms with Gasteiger partial charge in [0.05, 0.1) is 6.04 Å². The molecule has 0 spiro atoms. The second-order valence-electron chi connectivity index (χ2n) is 7.37. The Balaban J connectivity index is 1.51. The van der Waals surface area contributed by atoms with E-state index in [0.717, 1.165) is 38.0 Å². The molecule has 0 radical (unpaired) electrons. The summed E-state index contributed by atoms with van der Waals surface area (Å²) in [6, 6.07) is 12.6. The summed E-state index contributed by atoms with van der Waals surface area (Å²) in [6.45, 7) is 4.56. The Labute approximate surface area is 164 Å². The minimum Gasteiger partial charge on any atom is -0.361 e. The predicted molar refractivity (Wildman–Crippen MR) is 112 cm³/mol. The van der Waals surface area contributed by atoms with E-state index in [1.165, 1.54) is 22.2 Å². The number of thiophene rings is 1. The molecule has 0 unspecified atom stereocenters. The molecule has 27 heavy (non-hydrogen) atoms. The highest BCUT2D eigenvalue weighted by atomic mass is 32.1. The van der Waals surface area contributed by atoms with Gasteiger partial charge in [-0.3, -0.25) is 4.79 Å². The van der Waals surface area contributed by atoms with Crippen molar-refractivity contribution in [2.24, 2.45) is 0 Å². The number of rotatable bonds is 6. The molecular formula is C22H27N3OS. The van der Waals surface area contributed by atoms with E-state index in [1.807, 2.05) is 11.8 Å². The molecule has 4 rings (SSSR count). The van der Waals surface area contributed by atoms with Crippen LogP contribution in [0.2, 0.25) is 0 Å². The van der Waals surface area contributed by atoms with Crippen LogP contribution in [0.5, 0.6) is 0 Å². The lowest BCUT2D eigenvalue weighted by Gasteiger charge is -2.30. The Morgan fingerprint density at radius 2 is 2.00 bits per heavy atom. The molecule has 0 bridgehead atoms. The fourth-order valence-corrected chi connectivity index (χ4v) is 4.85. The van der Waals surface area contributed by atoms with Crippen LogP contribution in [0.25, 0.3) is 10.9 Å². The van der Waals surface area contributed by atoms with Crippen LogP contribution in [0.1, 0.15) is 42.5 Å². The van der Waals surface area contributed by atoms with E-state index in [-0.39, 0.29) is 17.9 Å². The van der Waals surface area contributed by atoms with Gasteiger partial charge in [-0.05, 0) is 49.3 Å². The molecule has 1 saturated heterocycles. The first kappa shape index (κ1) is 18.3. The molecule has 3 aromatic rings. The third-order valence-corrected chi connectivity index (χ3v) is 6.54. The lowest BCUT2D eigenvalue weighted by atomic mass is 9.96. The molecule has 2 atom stereocenters. The summed E-state index contributed by atoms with van der Waals surface area (Å²) >= 11 is 1.78. The monoisotopic (exact) mass is 381 g/mol. The Morgan fingerprint density at radius 1 is 1.19 bits per heavy atom. The van der Waals surface area contributed by atoms with Crippen LogP contribution in [-0.2, 0) is 4.79 Å². The molecule has 0 aliphatic carbocycles. The number of aromatic nitrogens is 1. The summed E-state index contributed by atoms with van der Waals surface area (Å²) < 4.78 is 0. The van der Waals surface area contributed by atoms with Gasteiger partial charge < -0.3 is 15.2 Å². The van der Waals surface area contributed by atoms with Gasteiger partial charge in [0.1, 0.15) is 0 Å². The number of hydrogen-bond donors (Lipinski definition) is 2. The van der Waals surface area contributed by atoms with Crippen molar-refractivity contribution in [2.45, 2.75) is 38.1 Å². The largest absolute Gasteiger partial charge is 0.361 e. The maximum Gasteiger partial charge on any atom is 0.239 e. The lowest BCUT2D eigenvalue weighted by molar-refractivity contribution is -0.133. The van der Waals surface area contributed by atoms with E-state index in [0.29, 0.717) is 0 Å². The van der Waals surface area contributed by atoms with Crippen molar-refractivity contribution in [2.75, 3.05) is 19.6 Å². The fraction of sp³-hybridized carbons (Fsp3) is 0.409. The minimum absolute atomic E-state index is 0.157. The molecule has 2 N–H and O–H groups in total. The Morgan fingerprint density at radius 3 is 2.78 bits per heavy atom. The predicted octanol–water partition coefficient (Wildman–Crippen LogP) is 4.35. The number of nitrogens with zero attached hydrogens (tertiary/aromatic N) is 1. The first-order chi connectivity index (χ1) is 13.2. The molecule has 1 aromatic carbocycles. The van der Waals surface area contributed by atoms with Gasteiger partial charge in [-0.25, -0.2) is 0 Å². The first-order valence-electron chi connectivity index (χ1n) is 9.85. The van der Waals surface area contributed by atoms with Crippen LogP contribution in [0.15, 0.2) is 48.0 Å². The number of H-pyrrole nitrogens is 1. The van der Waals surface area contributed by atoms with Crippen molar-refractivity contribution >= 4 is 28.1 Å². The Bertz CT molecular complexity index is 880. The topological polar surface area (TPSA) is 48.1 Å². The van der Waals surface area contributed by atoms with Crippen LogP contribution in [-0.4, -0.2) is 41.5 Å². The van der Waals surface area contributed by atoms with Crippen molar-refractivity contribution in [1.82, 2.24) is 15.2 Å². The quantitative estimate of drug-likeness (QED) is 0.667. The number of likely N-dealkylation sites (tertiary alicyclic amines) is 1. The molecular weight excluding hydrogens is 354 g/mol. The Hall–Kier alpha value is -2.11. The zero-order chi connectivity index (χ0) is 18.6. The molecule has 1 aliphatic heterocycles. The van der Waals surface area contributed by atoms with Gasteiger partial charge in [0, 0.05) is 47.5 Å². The average molecular weight is 382 g/mol. The lowest BCUT2D eigenvalue weighted by Crippen LogP contribution is -2.47. The normalized spacial score (nSPS) is 17.1. The van der Waals surface area contributed by atoms with Gasteiger partial charge in [-0.2, -0.15) is 0 Å². The number of benzene rings is 1. The van der Waals surface area contributed by atoms with Crippen molar-refractivity contribution in [3.8, 4) is 0 Å². The van der Waals surface area contributed by atoms with E-state index in [4.69, 9.17) is 0 Å². The Kier molecular flexibility index (Phi) is 5.60. The molecule has 1 amide bonds. The van der Waals surface area contributed by atoms with Crippen LogP contribution in [0.3, 0.4) is 0 Å². The van der Waals surface area contributed by atoms with Crippen molar-refractivity contribution in [3.05, 3.63) is 58.4 Å². The van der Waals surface area contributed by atoms with Crippen molar-refractivity contribution < 1.29 is 4.79 Å². The number of carbonyl (C=O) groups excluding carboxylic acids is 1. The zero-order valence-corrected chi connectivity index (χ0v) is 16.6. The van der Waals surface area contributed by atoms with E-state index >= 15 is 0 Å². The van der Waals surface area contributed by atoms with Gasteiger partial charge in [0.25, 0.3) is 0 Å².